The molecule has 1 aliphatic rings. The van der Waals surface area contributed by atoms with Gasteiger partial charge in [-0.15, -0.1) is 0 Å². The van der Waals surface area contributed by atoms with Crippen LogP contribution in [0.15, 0.2) is 6.07 Å². The number of aromatic nitrogens is 2. The minimum absolute atomic E-state index is 0.0590. The molecule has 1 aromatic rings. The maximum atomic E-state index is 11.6. The molecule has 88 valence electrons. The predicted molar refractivity (Wildman–Crippen MR) is 59.2 cm³/mol. The fraction of sp³-hybridized carbons (Fsp3) is 0.500. The summed E-state index contributed by atoms with van der Waals surface area (Å²) in [4.78, 5) is 7.60. The Kier molecular flexibility index (Phi) is 2.90. The molecule has 0 bridgehead atoms. The van der Waals surface area contributed by atoms with Crippen molar-refractivity contribution in [3.05, 3.63) is 11.2 Å². The molecule has 0 atom stereocenters. The van der Waals surface area contributed by atoms with Gasteiger partial charge in [-0.3, -0.25) is 4.72 Å². The molecule has 1 aromatic heterocycles. The number of halogens is 1. The van der Waals surface area contributed by atoms with Crippen molar-refractivity contribution in [3.63, 3.8) is 0 Å². The SMILES string of the molecule is COc1cc(Cl)nc(NS(=O)(=O)C2CC2)n1. The summed E-state index contributed by atoms with van der Waals surface area (Å²) in [5.41, 5.74) is 0. The van der Waals surface area contributed by atoms with Crippen molar-refractivity contribution < 1.29 is 13.2 Å². The molecule has 0 aliphatic heterocycles. The summed E-state index contributed by atoms with van der Waals surface area (Å²) in [7, 11) is -1.96. The number of nitrogens with one attached hydrogen (secondary N) is 1. The van der Waals surface area contributed by atoms with E-state index in [0.717, 1.165) is 0 Å². The number of hydrogen-bond donors (Lipinski definition) is 1. The number of anilines is 1. The van der Waals surface area contributed by atoms with Gasteiger partial charge in [0.1, 0.15) is 5.15 Å². The molecule has 2 rings (SSSR count). The van der Waals surface area contributed by atoms with Gasteiger partial charge in [0.15, 0.2) is 0 Å². The number of rotatable bonds is 4. The topological polar surface area (TPSA) is 81.2 Å². The molecule has 0 spiro atoms. The first-order valence-electron chi connectivity index (χ1n) is 4.61. The first-order chi connectivity index (χ1) is 7.51. The summed E-state index contributed by atoms with van der Waals surface area (Å²) in [6.07, 6.45) is 1.35. The zero-order valence-corrected chi connectivity index (χ0v) is 10.0. The van der Waals surface area contributed by atoms with Gasteiger partial charge in [-0.05, 0) is 12.8 Å². The third-order valence-corrected chi connectivity index (χ3v) is 4.09. The van der Waals surface area contributed by atoms with Crippen molar-refractivity contribution >= 4 is 27.6 Å². The van der Waals surface area contributed by atoms with Crippen molar-refractivity contribution in [1.82, 2.24) is 9.97 Å². The maximum Gasteiger partial charge on any atom is 0.241 e. The van der Waals surface area contributed by atoms with Crippen molar-refractivity contribution in [2.24, 2.45) is 0 Å². The van der Waals surface area contributed by atoms with Crippen LogP contribution in [0.4, 0.5) is 5.95 Å². The van der Waals surface area contributed by atoms with Crippen molar-refractivity contribution in [2.45, 2.75) is 18.1 Å². The first kappa shape index (κ1) is 11.4. The molecule has 8 heteroatoms. The summed E-state index contributed by atoms with van der Waals surface area (Å²) in [5, 5.41) is -0.207. The van der Waals surface area contributed by atoms with Crippen LogP contribution in [0, 0.1) is 0 Å². The molecule has 0 radical (unpaired) electrons. The van der Waals surface area contributed by atoms with E-state index in [1.54, 1.807) is 0 Å². The van der Waals surface area contributed by atoms with E-state index >= 15 is 0 Å². The summed E-state index contributed by atoms with van der Waals surface area (Å²) in [5.74, 6) is 0.157. The Bertz CT molecular complexity index is 501. The Morgan fingerprint density at radius 2 is 2.19 bits per heavy atom. The Morgan fingerprint density at radius 1 is 1.50 bits per heavy atom. The number of ether oxygens (including phenoxy) is 1. The van der Waals surface area contributed by atoms with Crippen LogP contribution in [0.3, 0.4) is 0 Å². The van der Waals surface area contributed by atoms with Gasteiger partial charge in [-0.1, -0.05) is 11.6 Å². The molecular weight excluding hydrogens is 254 g/mol. The van der Waals surface area contributed by atoms with Crippen LogP contribution in [0.25, 0.3) is 0 Å². The van der Waals surface area contributed by atoms with Gasteiger partial charge in [-0.2, -0.15) is 4.98 Å². The highest BCUT2D eigenvalue weighted by molar-refractivity contribution is 7.93. The fourth-order valence-corrected chi connectivity index (χ4v) is 2.58. The van der Waals surface area contributed by atoms with Gasteiger partial charge in [0.05, 0.1) is 12.4 Å². The van der Waals surface area contributed by atoms with E-state index in [9.17, 15) is 8.42 Å². The Hall–Kier alpha value is -1.08. The lowest BCUT2D eigenvalue weighted by Crippen LogP contribution is -2.19. The lowest BCUT2D eigenvalue weighted by molar-refractivity contribution is 0.397. The molecule has 1 saturated carbocycles. The van der Waals surface area contributed by atoms with Crippen molar-refractivity contribution in [1.29, 1.82) is 0 Å². The quantitative estimate of drug-likeness (QED) is 0.821. The first-order valence-corrected chi connectivity index (χ1v) is 6.54. The number of sulfonamides is 1. The fourth-order valence-electron chi connectivity index (χ4n) is 1.14. The van der Waals surface area contributed by atoms with Crippen molar-refractivity contribution in [2.75, 3.05) is 11.8 Å². The predicted octanol–water partition coefficient (Wildman–Crippen LogP) is 1.04. The smallest absolute Gasteiger partial charge is 0.241 e. The molecule has 1 aliphatic carbocycles. The second-order valence-corrected chi connectivity index (χ2v) is 5.75. The van der Waals surface area contributed by atoms with E-state index in [0.29, 0.717) is 12.8 Å². The average Bonchev–Trinajstić information content (AvgIpc) is 2.98. The molecule has 6 nitrogen and oxygen atoms in total. The van der Waals surface area contributed by atoms with Gasteiger partial charge in [0.2, 0.25) is 21.9 Å². The van der Waals surface area contributed by atoms with E-state index in [1.807, 2.05) is 0 Å². The van der Waals surface area contributed by atoms with Crippen LogP contribution >= 0.6 is 11.6 Å². The van der Waals surface area contributed by atoms with Crippen LogP contribution < -0.4 is 9.46 Å². The van der Waals surface area contributed by atoms with Gasteiger partial charge in [-0.25, -0.2) is 13.4 Å². The standard InChI is InChI=1S/C8H10ClN3O3S/c1-15-7-4-6(9)10-8(11-7)12-16(13,14)5-2-3-5/h4-5H,2-3H2,1H3,(H,10,11,12). The van der Waals surface area contributed by atoms with E-state index in [4.69, 9.17) is 16.3 Å². The lowest BCUT2D eigenvalue weighted by atomic mass is 10.6. The van der Waals surface area contributed by atoms with Gasteiger partial charge in [0, 0.05) is 6.07 Å². The largest absolute Gasteiger partial charge is 0.481 e. The summed E-state index contributed by atoms with van der Waals surface area (Å²) in [6.45, 7) is 0. The minimum atomic E-state index is -3.37. The Balaban J connectivity index is 2.23. The molecule has 0 aromatic carbocycles. The number of hydrogen-bond acceptors (Lipinski definition) is 5. The third kappa shape index (κ3) is 2.53. The number of nitrogens with zero attached hydrogens (tertiary/aromatic N) is 2. The molecule has 0 saturated heterocycles. The highest BCUT2D eigenvalue weighted by atomic mass is 35.5. The third-order valence-electron chi connectivity index (χ3n) is 2.08. The molecule has 1 N–H and O–H groups in total. The summed E-state index contributed by atoms with van der Waals surface area (Å²) < 4.78 is 30.3. The van der Waals surface area contributed by atoms with E-state index in [2.05, 4.69) is 14.7 Å². The van der Waals surface area contributed by atoms with Crippen LogP contribution in [-0.4, -0.2) is 30.7 Å². The summed E-state index contributed by atoms with van der Waals surface area (Å²) in [6, 6.07) is 1.40. The Labute approximate surface area is 98.1 Å². The highest BCUT2D eigenvalue weighted by Crippen LogP contribution is 2.29. The zero-order chi connectivity index (χ0) is 11.8. The Morgan fingerprint density at radius 3 is 2.75 bits per heavy atom. The van der Waals surface area contributed by atoms with Crippen LogP contribution in [-0.2, 0) is 10.0 Å². The molecule has 1 fully saturated rings. The van der Waals surface area contributed by atoms with Crippen LogP contribution in [0.1, 0.15) is 12.8 Å². The molecule has 1 heterocycles. The second-order valence-electron chi connectivity index (χ2n) is 3.40. The summed E-state index contributed by atoms with van der Waals surface area (Å²) >= 11 is 5.69. The minimum Gasteiger partial charge on any atom is -0.481 e. The van der Waals surface area contributed by atoms with E-state index in [-0.39, 0.29) is 22.2 Å². The van der Waals surface area contributed by atoms with Crippen LogP contribution in [0.5, 0.6) is 5.88 Å². The van der Waals surface area contributed by atoms with Gasteiger partial charge < -0.3 is 4.74 Å². The highest BCUT2D eigenvalue weighted by Gasteiger charge is 2.36. The molecule has 16 heavy (non-hydrogen) atoms. The molecule has 0 unspecified atom stereocenters. The number of methoxy groups -OCH3 is 1. The van der Waals surface area contributed by atoms with Crippen LogP contribution in [0.2, 0.25) is 5.15 Å². The van der Waals surface area contributed by atoms with Crippen molar-refractivity contribution in [3.8, 4) is 5.88 Å². The van der Waals surface area contributed by atoms with E-state index in [1.165, 1.54) is 13.2 Å². The average molecular weight is 264 g/mol. The van der Waals surface area contributed by atoms with E-state index < -0.39 is 10.0 Å². The zero-order valence-electron chi connectivity index (χ0n) is 8.47. The molecule has 0 amide bonds. The molecular formula is C8H10ClN3O3S. The lowest BCUT2D eigenvalue weighted by Gasteiger charge is -2.06. The second kappa shape index (κ2) is 4.06. The van der Waals surface area contributed by atoms with Gasteiger partial charge >= 0.3 is 0 Å². The normalized spacial score (nSPS) is 15.9. The van der Waals surface area contributed by atoms with Gasteiger partial charge in [0.25, 0.3) is 0 Å². The maximum absolute atomic E-state index is 11.6. The monoisotopic (exact) mass is 263 g/mol.